The monoisotopic (exact) mass is 295 g/mol. The third kappa shape index (κ3) is 3.06. The number of carbonyl (C=O) groups is 1. The van der Waals surface area contributed by atoms with E-state index in [0.29, 0.717) is 4.91 Å². The Hall–Kier alpha value is -2.33. The van der Waals surface area contributed by atoms with Gasteiger partial charge in [-0.25, -0.2) is 4.99 Å². The maximum Gasteiger partial charge on any atom is 0.284 e. The topological polar surface area (TPSA) is 49.7 Å². The molecular formula is C17H13NO2S. The van der Waals surface area contributed by atoms with Crippen LogP contribution in [0.2, 0.25) is 0 Å². The normalized spacial score (nSPS) is 16.3. The number of phenols is 1. The van der Waals surface area contributed by atoms with Gasteiger partial charge in [0.25, 0.3) is 5.91 Å². The predicted octanol–water partition coefficient (Wildman–Crippen LogP) is 3.76. The van der Waals surface area contributed by atoms with E-state index in [1.165, 1.54) is 17.3 Å². The summed E-state index contributed by atoms with van der Waals surface area (Å²) >= 11 is 1.38. The molecule has 3 rings (SSSR count). The first-order valence-corrected chi connectivity index (χ1v) is 7.32. The minimum absolute atomic E-state index is 0.208. The molecule has 0 spiro atoms. The van der Waals surface area contributed by atoms with E-state index in [-0.39, 0.29) is 11.7 Å². The second-order valence-corrected chi connectivity index (χ2v) is 5.82. The highest BCUT2D eigenvalue weighted by Gasteiger charge is 2.22. The first-order valence-electron chi connectivity index (χ1n) is 6.50. The summed E-state index contributed by atoms with van der Waals surface area (Å²) in [4.78, 5) is 16.7. The highest BCUT2D eigenvalue weighted by Crippen LogP contribution is 2.32. The Morgan fingerprint density at radius 2 is 1.71 bits per heavy atom. The molecule has 0 atom stereocenters. The van der Waals surface area contributed by atoms with E-state index < -0.39 is 0 Å². The van der Waals surface area contributed by atoms with Gasteiger partial charge in [-0.1, -0.05) is 53.7 Å². The van der Waals surface area contributed by atoms with Crippen molar-refractivity contribution in [2.45, 2.75) is 6.92 Å². The lowest BCUT2D eigenvalue weighted by Gasteiger charge is -2.00. The minimum Gasteiger partial charge on any atom is -0.508 e. The van der Waals surface area contributed by atoms with E-state index in [2.05, 4.69) is 4.99 Å². The SMILES string of the molecule is Cc1ccc(C2=NC(=O)/C(=C\c3ccc(O)cc3)S2)cc1. The third-order valence-electron chi connectivity index (χ3n) is 3.11. The number of phenolic OH excluding ortho intramolecular Hbond substituents is 1. The molecule has 4 heteroatoms. The molecule has 0 aliphatic carbocycles. The highest BCUT2D eigenvalue weighted by atomic mass is 32.2. The molecule has 0 bridgehead atoms. The van der Waals surface area contributed by atoms with E-state index in [0.717, 1.165) is 16.2 Å². The Kier molecular flexibility index (Phi) is 3.62. The zero-order valence-corrected chi connectivity index (χ0v) is 12.2. The number of hydrogen-bond donors (Lipinski definition) is 1. The molecule has 1 aliphatic rings. The number of thioether (sulfide) groups is 1. The van der Waals surface area contributed by atoms with Crippen molar-refractivity contribution < 1.29 is 9.90 Å². The number of aliphatic imine (C=N–C) groups is 1. The molecule has 0 fully saturated rings. The van der Waals surface area contributed by atoms with Gasteiger partial charge in [-0.2, -0.15) is 0 Å². The second-order valence-electron chi connectivity index (χ2n) is 4.79. The van der Waals surface area contributed by atoms with Gasteiger partial charge in [-0.05, 0) is 30.7 Å². The van der Waals surface area contributed by atoms with Gasteiger partial charge < -0.3 is 5.11 Å². The molecule has 0 radical (unpaired) electrons. The van der Waals surface area contributed by atoms with Crippen LogP contribution in [-0.2, 0) is 4.79 Å². The molecule has 104 valence electrons. The molecular weight excluding hydrogens is 282 g/mol. The summed E-state index contributed by atoms with van der Waals surface area (Å²) in [6, 6.07) is 14.7. The lowest BCUT2D eigenvalue weighted by molar-refractivity contribution is -0.113. The van der Waals surface area contributed by atoms with Crippen molar-refractivity contribution in [3.05, 3.63) is 70.1 Å². The molecule has 1 amide bonds. The van der Waals surface area contributed by atoms with Crippen LogP contribution in [0, 0.1) is 6.92 Å². The van der Waals surface area contributed by atoms with Crippen LogP contribution in [0.4, 0.5) is 0 Å². The average molecular weight is 295 g/mol. The fourth-order valence-electron chi connectivity index (χ4n) is 1.95. The van der Waals surface area contributed by atoms with Gasteiger partial charge in [0.05, 0.1) is 4.91 Å². The molecule has 0 unspecified atom stereocenters. The number of rotatable bonds is 2. The van der Waals surface area contributed by atoms with Crippen LogP contribution in [0.15, 0.2) is 58.4 Å². The number of aryl methyl sites for hydroxylation is 1. The van der Waals surface area contributed by atoms with Gasteiger partial charge in [-0.15, -0.1) is 0 Å². The summed E-state index contributed by atoms with van der Waals surface area (Å²) in [5.41, 5.74) is 2.99. The molecule has 1 heterocycles. The Morgan fingerprint density at radius 1 is 1.05 bits per heavy atom. The summed E-state index contributed by atoms with van der Waals surface area (Å²) in [6.45, 7) is 2.02. The molecule has 21 heavy (non-hydrogen) atoms. The van der Waals surface area contributed by atoms with Crippen molar-refractivity contribution in [2.75, 3.05) is 0 Å². The zero-order chi connectivity index (χ0) is 14.8. The van der Waals surface area contributed by atoms with Gasteiger partial charge in [0.1, 0.15) is 10.8 Å². The van der Waals surface area contributed by atoms with Crippen molar-refractivity contribution in [2.24, 2.45) is 4.99 Å². The average Bonchev–Trinajstić information content (AvgIpc) is 2.83. The smallest absolute Gasteiger partial charge is 0.284 e. The van der Waals surface area contributed by atoms with Gasteiger partial charge >= 0.3 is 0 Å². The summed E-state index contributed by atoms with van der Waals surface area (Å²) in [5, 5.41) is 9.99. The summed E-state index contributed by atoms with van der Waals surface area (Å²) in [5.74, 6) is -0.0113. The summed E-state index contributed by atoms with van der Waals surface area (Å²) in [6.07, 6.45) is 1.79. The Morgan fingerprint density at radius 3 is 2.38 bits per heavy atom. The molecule has 3 nitrogen and oxygen atoms in total. The number of benzene rings is 2. The van der Waals surface area contributed by atoms with Crippen molar-refractivity contribution >= 4 is 28.8 Å². The van der Waals surface area contributed by atoms with Crippen LogP contribution < -0.4 is 0 Å². The number of hydrogen-bond acceptors (Lipinski definition) is 3. The molecule has 0 saturated carbocycles. The predicted molar refractivity (Wildman–Crippen MR) is 86.4 cm³/mol. The Bertz CT molecular complexity index is 743. The molecule has 2 aromatic carbocycles. The number of nitrogens with zero attached hydrogens (tertiary/aromatic N) is 1. The van der Waals surface area contributed by atoms with Crippen molar-refractivity contribution in [3.8, 4) is 5.75 Å². The fourth-order valence-corrected chi connectivity index (χ4v) is 2.87. The van der Waals surface area contributed by atoms with Crippen LogP contribution in [-0.4, -0.2) is 16.1 Å². The van der Waals surface area contributed by atoms with Crippen LogP contribution in [0.5, 0.6) is 5.75 Å². The van der Waals surface area contributed by atoms with Crippen LogP contribution >= 0.6 is 11.8 Å². The lowest BCUT2D eigenvalue weighted by Crippen LogP contribution is -1.90. The summed E-state index contributed by atoms with van der Waals surface area (Å²) < 4.78 is 0. The standard InChI is InChI=1S/C17H13NO2S/c1-11-2-6-13(7-3-11)17-18-16(20)15(21-17)10-12-4-8-14(19)9-5-12/h2-10,19H,1H3/b15-10+. The number of carbonyl (C=O) groups excluding carboxylic acids is 1. The van der Waals surface area contributed by atoms with E-state index in [1.807, 2.05) is 31.2 Å². The van der Waals surface area contributed by atoms with Crippen molar-refractivity contribution in [1.82, 2.24) is 0 Å². The van der Waals surface area contributed by atoms with E-state index in [4.69, 9.17) is 0 Å². The van der Waals surface area contributed by atoms with Crippen molar-refractivity contribution in [3.63, 3.8) is 0 Å². The van der Waals surface area contributed by atoms with Gasteiger partial charge in [0.2, 0.25) is 0 Å². The molecule has 0 saturated heterocycles. The Balaban J connectivity index is 1.84. The maximum atomic E-state index is 12.0. The zero-order valence-electron chi connectivity index (χ0n) is 11.4. The lowest BCUT2D eigenvalue weighted by atomic mass is 10.2. The third-order valence-corrected chi connectivity index (χ3v) is 4.14. The largest absolute Gasteiger partial charge is 0.508 e. The number of aromatic hydroxyl groups is 1. The van der Waals surface area contributed by atoms with Crippen molar-refractivity contribution in [1.29, 1.82) is 0 Å². The molecule has 1 N–H and O–H groups in total. The van der Waals surface area contributed by atoms with E-state index >= 15 is 0 Å². The fraction of sp³-hybridized carbons (Fsp3) is 0.0588. The maximum absolute atomic E-state index is 12.0. The van der Waals surface area contributed by atoms with Gasteiger partial charge in [0.15, 0.2) is 0 Å². The van der Waals surface area contributed by atoms with Crippen LogP contribution in [0.25, 0.3) is 6.08 Å². The first kappa shape index (κ1) is 13.6. The second kappa shape index (κ2) is 5.58. The van der Waals surface area contributed by atoms with Crippen LogP contribution in [0.3, 0.4) is 0 Å². The van der Waals surface area contributed by atoms with E-state index in [1.54, 1.807) is 30.3 Å². The number of amides is 1. The Labute approximate surface area is 127 Å². The molecule has 0 aromatic heterocycles. The van der Waals surface area contributed by atoms with Crippen LogP contribution in [0.1, 0.15) is 16.7 Å². The van der Waals surface area contributed by atoms with E-state index in [9.17, 15) is 9.90 Å². The summed E-state index contributed by atoms with van der Waals surface area (Å²) in [7, 11) is 0. The minimum atomic E-state index is -0.219. The quantitative estimate of drug-likeness (QED) is 0.858. The van der Waals surface area contributed by atoms with Gasteiger partial charge in [-0.3, -0.25) is 4.79 Å². The van der Waals surface area contributed by atoms with Gasteiger partial charge in [0, 0.05) is 5.56 Å². The molecule has 2 aromatic rings. The highest BCUT2D eigenvalue weighted by molar-refractivity contribution is 8.19. The molecule has 1 aliphatic heterocycles. The first-order chi connectivity index (χ1) is 10.1.